The SMILES string of the molecule is C[C@H]1CC[C@H](c2ccccc2)S(=O)(=O)N1Cc1cc(F)c(N2C[C@@H]3[C@H](C2)[C@@H]3n2cnnc2)cc1F. The third-order valence-corrected chi connectivity index (χ3v) is 10.3. The molecule has 0 amide bonds. The van der Waals surface area contributed by atoms with Crippen LogP contribution in [0.5, 0.6) is 0 Å². The van der Waals surface area contributed by atoms with Gasteiger partial charge in [0.2, 0.25) is 10.0 Å². The van der Waals surface area contributed by atoms with Crippen LogP contribution >= 0.6 is 0 Å². The monoisotopic (exact) mass is 499 g/mol. The number of benzene rings is 2. The van der Waals surface area contributed by atoms with E-state index in [0.717, 1.165) is 5.56 Å². The van der Waals surface area contributed by atoms with E-state index in [1.807, 2.05) is 34.6 Å². The number of anilines is 1. The van der Waals surface area contributed by atoms with Crippen molar-refractivity contribution in [2.45, 2.75) is 43.6 Å². The number of rotatable bonds is 5. The third kappa shape index (κ3) is 3.83. The van der Waals surface area contributed by atoms with Crippen LogP contribution in [0.3, 0.4) is 0 Å². The van der Waals surface area contributed by atoms with Gasteiger partial charge in [0.15, 0.2) is 0 Å². The number of halogens is 2. The van der Waals surface area contributed by atoms with E-state index >= 15 is 8.78 Å². The van der Waals surface area contributed by atoms with Gasteiger partial charge in [-0.05, 0) is 31.4 Å². The second-order valence-electron chi connectivity index (χ2n) is 9.94. The smallest absolute Gasteiger partial charge is 0.221 e. The van der Waals surface area contributed by atoms with Gasteiger partial charge in [-0.2, -0.15) is 4.31 Å². The van der Waals surface area contributed by atoms with Gasteiger partial charge in [-0.25, -0.2) is 17.2 Å². The van der Waals surface area contributed by atoms with E-state index in [2.05, 4.69) is 10.2 Å². The van der Waals surface area contributed by atoms with Crippen molar-refractivity contribution in [3.8, 4) is 0 Å². The molecule has 5 atom stereocenters. The van der Waals surface area contributed by atoms with Crippen molar-refractivity contribution in [1.82, 2.24) is 19.1 Å². The second kappa shape index (κ2) is 8.37. The van der Waals surface area contributed by atoms with E-state index < -0.39 is 26.9 Å². The van der Waals surface area contributed by atoms with Crippen molar-refractivity contribution >= 4 is 15.7 Å². The Morgan fingerprint density at radius 1 is 0.971 bits per heavy atom. The van der Waals surface area contributed by atoms with E-state index in [4.69, 9.17) is 0 Å². The van der Waals surface area contributed by atoms with E-state index in [9.17, 15) is 8.42 Å². The molecule has 35 heavy (non-hydrogen) atoms. The van der Waals surface area contributed by atoms with Gasteiger partial charge in [-0.15, -0.1) is 10.2 Å². The van der Waals surface area contributed by atoms with Crippen LogP contribution in [0.15, 0.2) is 55.1 Å². The van der Waals surface area contributed by atoms with Crippen LogP contribution in [-0.4, -0.2) is 46.6 Å². The van der Waals surface area contributed by atoms with Crippen molar-refractivity contribution < 1.29 is 17.2 Å². The highest BCUT2D eigenvalue weighted by Gasteiger charge is 2.57. The predicted molar refractivity (Wildman–Crippen MR) is 127 cm³/mol. The summed E-state index contributed by atoms with van der Waals surface area (Å²) in [4.78, 5) is 1.88. The molecule has 1 aromatic heterocycles. The number of fused-ring (bicyclic) bond motifs is 1. The van der Waals surface area contributed by atoms with Crippen LogP contribution < -0.4 is 4.90 Å². The molecule has 3 fully saturated rings. The predicted octanol–water partition coefficient (Wildman–Crippen LogP) is 3.92. The Morgan fingerprint density at radius 2 is 1.66 bits per heavy atom. The Balaban J connectivity index is 1.20. The molecule has 10 heteroatoms. The largest absolute Gasteiger partial charge is 0.368 e. The summed E-state index contributed by atoms with van der Waals surface area (Å²) >= 11 is 0. The van der Waals surface area contributed by atoms with Gasteiger partial charge in [-0.1, -0.05) is 30.3 Å². The molecule has 3 heterocycles. The Labute approximate surface area is 203 Å². The molecule has 2 aromatic carbocycles. The molecule has 184 valence electrons. The number of hydrogen-bond donors (Lipinski definition) is 0. The molecule has 3 aliphatic rings. The fraction of sp³-hybridized carbons (Fsp3) is 0.440. The molecule has 0 unspecified atom stereocenters. The molecule has 1 saturated carbocycles. The first-order chi connectivity index (χ1) is 16.8. The molecule has 2 saturated heterocycles. The highest BCUT2D eigenvalue weighted by atomic mass is 32.2. The maximum atomic E-state index is 15.2. The van der Waals surface area contributed by atoms with Crippen LogP contribution in [0.25, 0.3) is 0 Å². The molecular weight excluding hydrogens is 472 g/mol. The van der Waals surface area contributed by atoms with Gasteiger partial charge in [0.05, 0.1) is 5.69 Å². The van der Waals surface area contributed by atoms with Crippen molar-refractivity contribution in [3.63, 3.8) is 0 Å². The minimum atomic E-state index is -3.73. The Bertz CT molecular complexity index is 1320. The Morgan fingerprint density at radius 3 is 2.34 bits per heavy atom. The van der Waals surface area contributed by atoms with Crippen molar-refractivity contribution in [2.75, 3.05) is 18.0 Å². The minimum Gasteiger partial charge on any atom is -0.368 e. The lowest BCUT2D eigenvalue weighted by molar-refractivity contribution is 0.279. The second-order valence-corrected chi connectivity index (χ2v) is 12.0. The zero-order valence-corrected chi connectivity index (χ0v) is 20.2. The fourth-order valence-electron chi connectivity index (χ4n) is 5.96. The maximum Gasteiger partial charge on any atom is 0.221 e. The summed E-state index contributed by atoms with van der Waals surface area (Å²) in [5.74, 6) is -0.378. The molecule has 6 rings (SSSR count). The zero-order valence-electron chi connectivity index (χ0n) is 19.3. The molecule has 7 nitrogen and oxygen atoms in total. The summed E-state index contributed by atoms with van der Waals surface area (Å²) in [6, 6.07) is 11.5. The van der Waals surface area contributed by atoms with Crippen LogP contribution in [0, 0.1) is 23.5 Å². The molecular formula is C25H27F2N5O2S. The number of piperidine rings is 1. The highest BCUT2D eigenvalue weighted by molar-refractivity contribution is 7.89. The van der Waals surface area contributed by atoms with Gasteiger partial charge in [-0.3, -0.25) is 0 Å². The van der Waals surface area contributed by atoms with Gasteiger partial charge in [0.1, 0.15) is 29.5 Å². The van der Waals surface area contributed by atoms with Crippen LogP contribution in [-0.2, 0) is 16.6 Å². The average Bonchev–Trinajstić information content (AvgIpc) is 3.21. The zero-order chi connectivity index (χ0) is 24.3. The first-order valence-electron chi connectivity index (χ1n) is 12.0. The summed E-state index contributed by atoms with van der Waals surface area (Å²) in [6.07, 6.45) is 4.55. The Hall–Kier alpha value is -2.85. The first kappa shape index (κ1) is 22.6. The van der Waals surface area contributed by atoms with Crippen LogP contribution in [0.1, 0.15) is 42.2 Å². The lowest BCUT2D eigenvalue weighted by atomic mass is 10.0. The normalized spacial score (nSPS) is 29.8. The summed E-state index contributed by atoms with van der Waals surface area (Å²) < 4.78 is 60.6. The van der Waals surface area contributed by atoms with E-state index in [1.54, 1.807) is 24.8 Å². The standard InChI is InChI=1S/C25H27F2N5O2S/c1-16-7-8-24(17-5-3-2-4-6-17)35(33,34)32(16)11-18-9-22(27)23(10-21(18)26)30-12-19-20(13-30)25(19)31-14-28-29-15-31/h2-6,9-10,14-16,19-20,24-25H,7-8,11-13H2,1H3/t16-,19-,20+,24+,25-/m0/s1. The molecule has 0 radical (unpaired) electrons. The summed E-state index contributed by atoms with van der Waals surface area (Å²) in [7, 11) is -3.73. The first-order valence-corrected chi connectivity index (χ1v) is 13.5. The molecule has 1 aliphatic carbocycles. The van der Waals surface area contributed by atoms with Gasteiger partial charge < -0.3 is 9.47 Å². The van der Waals surface area contributed by atoms with E-state index in [0.29, 0.717) is 43.8 Å². The number of nitrogens with zero attached hydrogens (tertiary/aromatic N) is 5. The van der Waals surface area contributed by atoms with Crippen LogP contribution in [0.4, 0.5) is 14.5 Å². The van der Waals surface area contributed by atoms with E-state index in [-0.39, 0.29) is 23.8 Å². The number of aromatic nitrogens is 3. The number of hydrogen-bond acceptors (Lipinski definition) is 5. The van der Waals surface area contributed by atoms with Crippen molar-refractivity contribution in [3.05, 3.63) is 77.9 Å². The summed E-state index contributed by atoms with van der Waals surface area (Å²) in [5.41, 5.74) is 1.02. The van der Waals surface area contributed by atoms with Gasteiger partial charge in [0, 0.05) is 55.2 Å². The average molecular weight is 500 g/mol. The van der Waals surface area contributed by atoms with Crippen molar-refractivity contribution in [1.29, 1.82) is 0 Å². The van der Waals surface area contributed by atoms with Gasteiger partial charge >= 0.3 is 0 Å². The van der Waals surface area contributed by atoms with Crippen LogP contribution in [0.2, 0.25) is 0 Å². The topological polar surface area (TPSA) is 71.3 Å². The van der Waals surface area contributed by atoms with Gasteiger partial charge in [0.25, 0.3) is 0 Å². The Kier molecular flexibility index (Phi) is 5.41. The number of sulfonamides is 1. The molecule has 0 N–H and O–H groups in total. The van der Waals surface area contributed by atoms with E-state index in [1.165, 1.54) is 16.4 Å². The summed E-state index contributed by atoms with van der Waals surface area (Å²) in [5, 5.41) is 7.02. The summed E-state index contributed by atoms with van der Waals surface area (Å²) in [6.45, 7) is 2.92. The third-order valence-electron chi connectivity index (χ3n) is 7.91. The quantitative estimate of drug-likeness (QED) is 0.532. The lowest BCUT2D eigenvalue weighted by Gasteiger charge is -2.37. The molecule has 0 spiro atoms. The highest BCUT2D eigenvalue weighted by Crippen LogP contribution is 2.56. The van der Waals surface area contributed by atoms with Crippen molar-refractivity contribution in [2.24, 2.45) is 11.8 Å². The lowest BCUT2D eigenvalue weighted by Crippen LogP contribution is -2.44. The maximum absolute atomic E-state index is 15.2. The molecule has 0 bridgehead atoms. The molecule has 2 aliphatic heterocycles. The fourth-order valence-corrected chi connectivity index (χ4v) is 8.15. The minimum absolute atomic E-state index is 0.0575. The molecule has 3 aromatic rings.